The number of tetrazole rings is 1. The number of aromatic nitrogens is 4. The number of rotatable bonds is 7. The van der Waals surface area contributed by atoms with Crippen LogP contribution < -0.4 is 10.6 Å². The van der Waals surface area contributed by atoms with Gasteiger partial charge in [-0.1, -0.05) is 28.1 Å². The number of esters is 1. The van der Waals surface area contributed by atoms with Crippen LogP contribution in [0, 0.1) is 6.92 Å². The number of amides is 2. The number of anilines is 2. The van der Waals surface area contributed by atoms with Crippen molar-refractivity contribution in [1.29, 1.82) is 0 Å². The van der Waals surface area contributed by atoms with Gasteiger partial charge < -0.3 is 15.4 Å². The summed E-state index contributed by atoms with van der Waals surface area (Å²) >= 11 is 3.36. The summed E-state index contributed by atoms with van der Waals surface area (Å²) in [5.41, 5.74) is 1.86. The van der Waals surface area contributed by atoms with Crippen molar-refractivity contribution in [2.45, 2.75) is 13.5 Å². The molecule has 154 valence electrons. The predicted octanol–water partition coefficient (Wildman–Crippen LogP) is 2.18. The Labute approximate surface area is 179 Å². The molecule has 0 atom stereocenters. The smallest absolute Gasteiger partial charge is 0.340 e. The van der Waals surface area contributed by atoms with Crippen LogP contribution in [0.1, 0.15) is 15.9 Å². The van der Waals surface area contributed by atoms with Crippen molar-refractivity contribution >= 4 is 45.1 Å². The summed E-state index contributed by atoms with van der Waals surface area (Å²) in [5, 5.41) is 15.8. The van der Waals surface area contributed by atoms with Crippen molar-refractivity contribution in [2.75, 3.05) is 17.2 Å². The Balaban J connectivity index is 1.58. The monoisotopic (exact) mass is 472 g/mol. The van der Waals surface area contributed by atoms with Gasteiger partial charge in [-0.3, -0.25) is 9.59 Å². The molecule has 11 heteroatoms. The van der Waals surface area contributed by atoms with E-state index in [2.05, 4.69) is 42.1 Å². The SMILES string of the molecule is Cc1cc(Br)ccc1NC(=O)COC(=O)c1ccccc1NC(=O)Cn1cnnn1. The Kier molecular flexibility index (Phi) is 6.86. The molecule has 0 unspecified atom stereocenters. The number of aryl methyl sites for hydroxylation is 1. The molecule has 3 rings (SSSR count). The molecule has 10 nitrogen and oxygen atoms in total. The largest absolute Gasteiger partial charge is 0.452 e. The van der Waals surface area contributed by atoms with Crippen LogP contribution >= 0.6 is 15.9 Å². The van der Waals surface area contributed by atoms with E-state index in [-0.39, 0.29) is 17.8 Å². The molecule has 0 saturated heterocycles. The third-order valence-corrected chi connectivity index (χ3v) is 4.41. The van der Waals surface area contributed by atoms with Crippen LogP contribution in [0.25, 0.3) is 0 Å². The van der Waals surface area contributed by atoms with Gasteiger partial charge >= 0.3 is 5.97 Å². The fraction of sp³-hybridized carbons (Fsp3) is 0.158. The van der Waals surface area contributed by atoms with Gasteiger partial charge in [0.25, 0.3) is 5.91 Å². The second-order valence-electron chi connectivity index (χ2n) is 6.18. The molecule has 0 radical (unpaired) electrons. The first-order valence-electron chi connectivity index (χ1n) is 8.75. The predicted molar refractivity (Wildman–Crippen MR) is 111 cm³/mol. The molecule has 2 aromatic carbocycles. The van der Waals surface area contributed by atoms with E-state index in [4.69, 9.17) is 4.74 Å². The number of carbonyl (C=O) groups is 3. The number of carbonyl (C=O) groups excluding carboxylic acids is 3. The van der Waals surface area contributed by atoms with E-state index < -0.39 is 24.4 Å². The minimum atomic E-state index is -0.740. The normalized spacial score (nSPS) is 10.3. The summed E-state index contributed by atoms with van der Waals surface area (Å²) in [6.45, 7) is 1.26. The van der Waals surface area contributed by atoms with Gasteiger partial charge in [-0.2, -0.15) is 0 Å². The van der Waals surface area contributed by atoms with Gasteiger partial charge in [-0.05, 0) is 53.2 Å². The van der Waals surface area contributed by atoms with E-state index >= 15 is 0 Å². The number of nitrogens with zero attached hydrogens (tertiary/aromatic N) is 4. The van der Waals surface area contributed by atoms with Crippen LogP contribution in [0.2, 0.25) is 0 Å². The summed E-state index contributed by atoms with van der Waals surface area (Å²) < 4.78 is 7.24. The molecule has 0 fully saturated rings. The van der Waals surface area contributed by atoms with Crippen molar-refractivity contribution in [2.24, 2.45) is 0 Å². The fourth-order valence-electron chi connectivity index (χ4n) is 2.52. The maximum atomic E-state index is 12.4. The van der Waals surface area contributed by atoms with Gasteiger partial charge in [-0.25, -0.2) is 9.48 Å². The van der Waals surface area contributed by atoms with E-state index in [0.29, 0.717) is 5.69 Å². The maximum Gasteiger partial charge on any atom is 0.340 e. The summed E-state index contributed by atoms with van der Waals surface area (Å²) in [6.07, 6.45) is 1.30. The van der Waals surface area contributed by atoms with E-state index in [1.165, 1.54) is 17.1 Å². The Bertz CT molecular complexity index is 1070. The van der Waals surface area contributed by atoms with Gasteiger partial charge in [0, 0.05) is 10.2 Å². The zero-order valence-corrected chi connectivity index (χ0v) is 17.4. The van der Waals surface area contributed by atoms with Gasteiger partial charge in [0.05, 0.1) is 11.3 Å². The highest BCUT2D eigenvalue weighted by Gasteiger charge is 2.16. The number of benzene rings is 2. The summed E-state index contributed by atoms with van der Waals surface area (Å²) in [7, 11) is 0. The Hall–Kier alpha value is -3.60. The van der Waals surface area contributed by atoms with Crippen LogP contribution in [0.4, 0.5) is 11.4 Å². The Morgan fingerprint density at radius 2 is 1.83 bits per heavy atom. The molecule has 0 aliphatic carbocycles. The van der Waals surface area contributed by atoms with Gasteiger partial charge in [-0.15, -0.1) is 5.10 Å². The van der Waals surface area contributed by atoms with E-state index in [0.717, 1.165) is 10.0 Å². The van der Waals surface area contributed by atoms with Crippen LogP contribution in [0.5, 0.6) is 0 Å². The number of ether oxygens (including phenoxy) is 1. The molecule has 2 amide bonds. The minimum Gasteiger partial charge on any atom is -0.452 e. The molecule has 0 aliphatic rings. The molecule has 1 heterocycles. The van der Waals surface area contributed by atoms with Crippen molar-refractivity contribution < 1.29 is 19.1 Å². The second-order valence-corrected chi connectivity index (χ2v) is 7.10. The lowest BCUT2D eigenvalue weighted by atomic mass is 10.2. The Morgan fingerprint density at radius 3 is 2.57 bits per heavy atom. The molecular formula is C19H17BrN6O4. The quantitative estimate of drug-likeness (QED) is 0.504. The second kappa shape index (κ2) is 9.74. The molecule has 3 aromatic rings. The van der Waals surface area contributed by atoms with E-state index in [9.17, 15) is 14.4 Å². The lowest BCUT2D eigenvalue weighted by Gasteiger charge is -2.12. The lowest BCUT2D eigenvalue weighted by Crippen LogP contribution is -2.23. The van der Waals surface area contributed by atoms with Gasteiger partial charge in [0.1, 0.15) is 12.9 Å². The van der Waals surface area contributed by atoms with Crippen molar-refractivity contribution in [3.05, 3.63) is 64.4 Å². The van der Waals surface area contributed by atoms with E-state index in [1.54, 1.807) is 30.3 Å². The van der Waals surface area contributed by atoms with Crippen molar-refractivity contribution in [3.63, 3.8) is 0 Å². The zero-order valence-electron chi connectivity index (χ0n) is 15.8. The average Bonchev–Trinajstić information content (AvgIpc) is 3.21. The van der Waals surface area contributed by atoms with Gasteiger partial charge in [0.2, 0.25) is 5.91 Å². The average molecular weight is 473 g/mol. The number of hydrogen-bond donors (Lipinski definition) is 2. The maximum absolute atomic E-state index is 12.4. The fourth-order valence-corrected chi connectivity index (χ4v) is 3.00. The first-order valence-corrected chi connectivity index (χ1v) is 9.54. The van der Waals surface area contributed by atoms with Crippen LogP contribution in [-0.2, 0) is 20.9 Å². The minimum absolute atomic E-state index is 0.120. The summed E-state index contributed by atoms with van der Waals surface area (Å²) in [4.78, 5) is 36.7. The van der Waals surface area contributed by atoms with E-state index in [1.807, 2.05) is 13.0 Å². The number of nitrogens with one attached hydrogen (secondary N) is 2. The third-order valence-electron chi connectivity index (χ3n) is 3.92. The zero-order chi connectivity index (χ0) is 21.5. The molecule has 1 aromatic heterocycles. The molecule has 30 heavy (non-hydrogen) atoms. The van der Waals surface area contributed by atoms with Gasteiger partial charge in [0.15, 0.2) is 6.61 Å². The number of hydrogen-bond acceptors (Lipinski definition) is 7. The summed E-state index contributed by atoms with van der Waals surface area (Å²) in [5.74, 6) is -1.64. The summed E-state index contributed by atoms with van der Waals surface area (Å²) in [6, 6.07) is 11.7. The molecule has 0 saturated carbocycles. The third kappa shape index (κ3) is 5.70. The number of para-hydroxylation sites is 1. The molecule has 2 N–H and O–H groups in total. The highest BCUT2D eigenvalue weighted by atomic mass is 79.9. The molecule has 0 bridgehead atoms. The topological polar surface area (TPSA) is 128 Å². The lowest BCUT2D eigenvalue weighted by molar-refractivity contribution is -0.119. The van der Waals surface area contributed by atoms with Crippen LogP contribution in [0.3, 0.4) is 0 Å². The van der Waals surface area contributed by atoms with Crippen molar-refractivity contribution in [1.82, 2.24) is 20.2 Å². The van der Waals surface area contributed by atoms with Crippen LogP contribution in [0.15, 0.2) is 53.3 Å². The first-order chi connectivity index (χ1) is 14.4. The number of halogens is 1. The highest BCUT2D eigenvalue weighted by Crippen LogP contribution is 2.20. The molecule has 0 aliphatic heterocycles. The standard InChI is InChI=1S/C19H17BrN6O4/c1-12-8-13(20)6-7-15(12)22-18(28)10-30-19(29)14-4-2-3-5-16(14)23-17(27)9-26-11-21-24-25-26/h2-8,11H,9-10H2,1H3,(H,22,28)(H,23,27). The first kappa shape index (κ1) is 21.1. The Morgan fingerprint density at radius 1 is 1.07 bits per heavy atom. The molecular weight excluding hydrogens is 456 g/mol. The van der Waals surface area contributed by atoms with Crippen molar-refractivity contribution in [3.8, 4) is 0 Å². The molecule has 0 spiro atoms. The highest BCUT2D eigenvalue weighted by molar-refractivity contribution is 9.10. The van der Waals surface area contributed by atoms with Crippen LogP contribution in [-0.4, -0.2) is 44.6 Å².